The second-order valence-electron chi connectivity index (χ2n) is 12.4. The SMILES string of the molecule is c1ccc(-c2ccc(N(c3ccc4c5ccccc5n(-c5ccccc5)c4c3)c3cccc4c3sc3cc5ccccc5nc34)cc2)cc1. The molecule has 0 bridgehead atoms. The predicted octanol–water partition coefficient (Wildman–Crippen LogP) is 12.8. The van der Waals surface area contributed by atoms with Gasteiger partial charge in [-0.05, 0) is 71.8 Å². The van der Waals surface area contributed by atoms with Gasteiger partial charge in [0.25, 0.3) is 0 Å². The van der Waals surface area contributed by atoms with Crippen LogP contribution < -0.4 is 4.90 Å². The summed E-state index contributed by atoms with van der Waals surface area (Å²) in [6.07, 6.45) is 0. The van der Waals surface area contributed by atoms with E-state index in [-0.39, 0.29) is 0 Å². The minimum Gasteiger partial charge on any atom is -0.309 e. The van der Waals surface area contributed by atoms with E-state index < -0.39 is 0 Å². The molecule has 7 aromatic carbocycles. The number of fused-ring (bicyclic) bond motifs is 7. The van der Waals surface area contributed by atoms with Gasteiger partial charge in [0.1, 0.15) is 0 Å². The Bertz CT molecular complexity index is 2820. The number of pyridine rings is 1. The second kappa shape index (κ2) is 11.2. The Labute approximate surface area is 287 Å². The molecule has 0 amide bonds. The van der Waals surface area contributed by atoms with Crippen molar-refractivity contribution in [3.05, 3.63) is 176 Å². The van der Waals surface area contributed by atoms with Gasteiger partial charge in [0.2, 0.25) is 0 Å². The molecule has 0 fully saturated rings. The summed E-state index contributed by atoms with van der Waals surface area (Å²) in [5, 5.41) is 4.82. The van der Waals surface area contributed by atoms with Crippen molar-refractivity contribution in [3.8, 4) is 16.8 Å². The van der Waals surface area contributed by atoms with Crippen LogP contribution in [-0.4, -0.2) is 9.55 Å². The third-order valence-corrected chi connectivity index (χ3v) is 10.7. The predicted molar refractivity (Wildman–Crippen MR) is 209 cm³/mol. The van der Waals surface area contributed by atoms with Gasteiger partial charge < -0.3 is 9.47 Å². The molecule has 0 atom stereocenters. The molecular formula is C45H29N3S. The molecular weight excluding hydrogens is 615 g/mol. The standard InChI is InChI=1S/C45H29N3S/c1-3-12-30(13-4-1)31-22-24-34(25-23-31)47(41-21-11-18-38-44-43(49-45(38)41)28-32-14-7-9-19-39(32)46-44)35-26-27-37-36-17-8-10-20-40(36)48(42(37)29-35)33-15-5-2-6-16-33/h1-29H. The molecule has 3 nitrogen and oxygen atoms in total. The monoisotopic (exact) mass is 643 g/mol. The number of benzene rings is 7. The maximum Gasteiger partial charge on any atom is 0.0896 e. The number of para-hydroxylation sites is 3. The van der Waals surface area contributed by atoms with Crippen LogP contribution in [0.1, 0.15) is 0 Å². The summed E-state index contributed by atoms with van der Waals surface area (Å²) in [5.41, 5.74) is 11.3. The number of rotatable bonds is 5. The van der Waals surface area contributed by atoms with Gasteiger partial charge in [-0.2, -0.15) is 0 Å². The number of thiophene rings is 1. The highest BCUT2D eigenvalue weighted by molar-refractivity contribution is 7.26. The Hall–Kier alpha value is -6.23. The molecule has 0 aliphatic rings. The van der Waals surface area contributed by atoms with Crippen molar-refractivity contribution >= 4 is 81.4 Å². The third kappa shape index (κ3) is 4.53. The Morgan fingerprint density at radius 3 is 2.02 bits per heavy atom. The van der Waals surface area contributed by atoms with E-state index in [1.54, 1.807) is 0 Å². The van der Waals surface area contributed by atoms with E-state index in [4.69, 9.17) is 4.98 Å². The lowest BCUT2D eigenvalue weighted by atomic mass is 10.0. The minimum absolute atomic E-state index is 1.02. The summed E-state index contributed by atoms with van der Waals surface area (Å²) >= 11 is 1.82. The maximum absolute atomic E-state index is 5.16. The van der Waals surface area contributed by atoms with E-state index in [2.05, 4.69) is 185 Å². The van der Waals surface area contributed by atoms with E-state index >= 15 is 0 Å². The van der Waals surface area contributed by atoms with Gasteiger partial charge in [0, 0.05) is 38.6 Å². The molecule has 0 saturated heterocycles. The fourth-order valence-electron chi connectivity index (χ4n) is 7.29. The normalized spacial score (nSPS) is 11.7. The van der Waals surface area contributed by atoms with Gasteiger partial charge in [-0.3, -0.25) is 0 Å². The van der Waals surface area contributed by atoms with Crippen LogP contribution in [0.2, 0.25) is 0 Å². The quantitative estimate of drug-likeness (QED) is 0.186. The third-order valence-electron chi connectivity index (χ3n) is 9.55. The van der Waals surface area contributed by atoms with Crippen LogP contribution in [0, 0.1) is 0 Å². The highest BCUT2D eigenvalue weighted by atomic mass is 32.1. The first-order chi connectivity index (χ1) is 24.3. The lowest BCUT2D eigenvalue weighted by Crippen LogP contribution is -2.10. The molecule has 0 radical (unpaired) electrons. The summed E-state index contributed by atoms with van der Waals surface area (Å²) in [4.78, 5) is 7.57. The average molecular weight is 644 g/mol. The van der Waals surface area contributed by atoms with Crippen molar-refractivity contribution in [1.82, 2.24) is 9.55 Å². The Morgan fingerprint density at radius 2 is 1.16 bits per heavy atom. The van der Waals surface area contributed by atoms with E-state index in [1.807, 2.05) is 11.3 Å². The topological polar surface area (TPSA) is 21.1 Å². The van der Waals surface area contributed by atoms with Crippen LogP contribution in [0.5, 0.6) is 0 Å². The molecule has 3 aromatic heterocycles. The van der Waals surface area contributed by atoms with Crippen LogP contribution in [-0.2, 0) is 0 Å². The van der Waals surface area contributed by atoms with Crippen molar-refractivity contribution in [3.63, 3.8) is 0 Å². The number of anilines is 3. The van der Waals surface area contributed by atoms with Gasteiger partial charge in [-0.15, -0.1) is 11.3 Å². The first-order valence-electron chi connectivity index (χ1n) is 16.6. The molecule has 0 spiro atoms. The lowest BCUT2D eigenvalue weighted by Gasteiger charge is -2.26. The molecule has 0 N–H and O–H groups in total. The Balaban J connectivity index is 1.23. The van der Waals surface area contributed by atoms with Gasteiger partial charge in [-0.25, -0.2) is 4.98 Å². The van der Waals surface area contributed by atoms with E-state index in [9.17, 15) is 0 Å². The van der Waals surface area contributed by atoms with Crippen LogP contribution in [0.15, 0.2) is 176 Å². The molecule has 10 aromatic rings. The van der Waals surface area contributed by atoms with E-state index in [0.717, 1.165) is 39.2 Å². The van der Waals surface area contributed by atoms with Crippen LogP contribution >= 0.6 is 11.3 Å². The Morgan fingerprint density at radius 1 is 0.490 bits per heavy atom. The minimum atomic E-state index is 1.02. The molecule has 0 aliphatic heterocycles. The molecule has 230 valence electrons. The number of nitrogens with zero attached hydrogens (tertiary/aromatic N) is 3. The summed E-state index contributed by atoms with van der Waals surface area (Å²) in [5.74, 6) is 0. The van der Waals surface area contributed by atoms with Gasteiger partial charge >= 0.3 is 0 Å². The van der Waals surface area contributed by atoms with Crippen LogP contribution in [0.25, 0.3) is 69.8 Å². The van der Waals surface area contributed by atoms with Crippen molar-refractivity contribution in [1.29, 1.82) is 0 Å². The van der Waals surface area contributed by atoms with Crippen molar-refractivity contribution in [2.75, 3.05) is 4.90 Å². The summed E-state index contributed by atoms with van der Waals surface area (Å²) in [7, 11) is 0. The highest BCUT2D eigenvalue weighted by Crippen LogP contribution is 2.46. The zero-order valence-corrected chi connectivity index (χ0v) is 27.3. The summed E-state index contributed by atoms with van der Waals surface area (Å²) in [6.45, 7) is 0. The molecule has 4 heteroatoms. The van der Waals surface area contributed by atoms with Gasteiger partial charge in [0.05, 0.1) is 37.2 Å². The molecule has 49 heavy (non-hydrogen) atoms. The zero-order valence-electron chi connectivity index (χ0n) is 26.5. The van der Waals surface area contributed by atoms with Crippen molar-refractivity contribution in [2.45, 2.75) is 0 Å². The number of hydrogen-bond donors (Lipinski definition) is 0. The molecule has 0 unspecified atom stereocenters. The van der Waals surface area contributed by atoms with Crippen LogP contribution in [0.3, 0.4) is 0 Å². The van der Waals surface area contributed by atoms with Crippen molar-refractivity contribution in [2.24, 2.45) is 0 Å². The largest absolute Gasteiger partial charge is 0.309 e. The average Bonchev–Trinajstić information content (AvgIpc) is 3.70. The molecule has 0 saturated carbocycles. The highest BCUT2D eigenvalue weighted by Gasteiger charge is 2.21. The fraction of sp³-hybridized carbons (Fsp3) is 0. The lowest BCUT2D eigenvalue weighted by molar-refractivity contribution is 1.18. The van der Waals surface area contributed by atoms with E-state index in [1.165, 1.54) is 47.7 Å². The molecule has 0 aliphatic carbocycles. The van der Waals surface area contributed by atoms with E-state index in [0.29, 0.717) is 0 Å². The smallest absolute Gasteiger partial charge is 0.0896 e. The van der Waals surface area contributed by atoms with Gasteiger partial charge in [0.15, 0.2) is 0 Å². The number of aromatic nitrogens is 2. The van der Waals surface area contributed by atoms with Crippen molar-refractivity contribution < 1.29 is 0 Å². The second-order valence-corrected chi connectivity index (χ2v) is 13.5. The fourth-order valence-corrected chi connectivity index (χ4v) is 8.48. The molecule has 3 heterocycles. The number of hydrogen-bond acceptors (Lipinski definition) is 3. The first-order valence-corrected chi connectivity index (χ1v) is 17.4. The summed E-state index contributed by atoms with van der Waals surface area (Å²) < 4.78 is 4.80. The first kappa shape index (κ1) is 27.8. The zero-order chi connectivity index (χ0) is 32.3. The molecule has 10 rings (SSSR count). The van der Waals surface area contributed by atoms with Gasteiger partial charge in [-0.1, -0.05) is 115 Å². The maximum atomic E-state index is 5.16. The summed E-state index contributed by atoms with van der Waals surface area (Å²) in [6, 6.07) is 63.2. The Kier molecular flexibility index (Phi) is 6.36. The van der Waals surface area contributed by atoms with Crippen LogP contribution in [0.4, 0.5) is 17.1 Å².